The number of nitrogens with zero attached hydrogens (tertiary/aromatic N) is 1. The molecule has 1 aliphatic rings. The molecular formula is C22H17NO3S2. The molecule has 2 heterocycles. The largest absolute Gasteiger partial charge is 0.497 e. The van der Waals surface area contributed by atoms with E-state index in [4.69, 9.17) is 4.74 Å². The van der Waals surface area contributed by atoms with Crippen molar-refractivity contribution in [3.63, 3.8) is 0 Å². The van der Waals surface area contributed by atoms with Gasteiger partial charge in [-0.1, -0.05) is 42.5 Å². The van der Waals surface area contributed by atoms with E-state index in [1.165, 1.54) is 4.90 Å². The van der Waals surface area contributed by atoms with E-state index in [2.05, 4.69) is 0 Å². The number of rotatable bonds is 5. The van der Waals surface area contributed by atoms with Crippen molar-refractivity contribution < 1.29 is 14.3 Å². The summed E-state index contributed by atoms with van der Waals surface area (Å²) in [5, 5.41) is 1.81. The number of carbonyl (C=O) groups is 2. The Morgan fingerprint density at radius 1 is 1.00 bits per heavy atom. The van der Waals surface area contributed by atoms with Crippen molar-refractivity contribution in [2.24, 2.45) is 0 Å². The summed E-state index contributed by atoms with van der Waals surface area (Å²) < 4.78 is 5.19. The molecule has 0 bridgehead atoms. The maximum atomic E-state index is 12.7. The van der Waals surface area contributed by atoms with Crippen LogP contribution in [-0.4, -0.2) is 23.2 Å². The minimum atomic E-state index is -0.238. The second-order valence-electron chi connectivity index (χ2n) is 6.22. The molecule has 1 fully saturated rings. The highest BCUT2D eigenvalue weighted by molar-refractivity contribution is 8.18. The molecule has 0 unspecified atom stereocenters. The minimum Gasteiger partial charge on any atom is -0.497 e. The second kappa shape index (κ2) is 8.04. The molecule has 4 nitrogen and oxygen atoms in total. The molecule has 1 aromatic heterocycles. The maximum absolute atomic E-state index is 12.7. The third-order valence-corrected chi connectivity index (χ3v) is 6.16. The number of hydrogen-bond donors (Lipinski definition) is 0. The van der Waals surface area contributed by atoms with Crippen molar-refractivity contribution >= 4 is 40.3 Å². The molecule has 0 N–H and O–H groups in total. The van der Waals surface area contributed by atoms with Crippen molar-refractivity contribution in [1.82, 2.24) is 4.90 Å². The van der Waals surface area contributed by atoms with E-state index in [0.29, 0.717) is 11.4 Å². The molecule has 0 aliphatic carbocycles. The van der Waals surface area contributed by atoms with E-state index in [0.717, 1.165) is 39.1 Å². The van der Waals surface area contributed by atoms with Gasteiger partial charge in [0, 0.05) is 4.88 Å². The minimum absolute atomic E-state index is 0.230. The first-order valence-electron chi connectivity index (χ1n) is 8.66. The summed E-state index contributed by atoms with van der Waals surface area (Å²) in [7, 11) is 1.64. The van der Waals surface area contributed by atoms with Crippen LogP contribution in [0, 0.1) is 0 Å². The molecule has 2 aromatic carbocycles. The predicted molar refractivity (Wildman–Crippen MR) is 114 cm³/mol. The summed E-state index contributed by atoms with van der Waals surface area (Å²) in [6.45, 7) is 0.296. The number of benzene rings is 2. The molecular weight excluding hydrogens is 390 g/mol. The van der Waals surface area contributed by atoms with Crippen molar-refractivity contribution in [3.8, 4) is 16.9 Å². The lowest BCUT2D eigenvalue weighted by molar-refractivity contribution is -0.123. The Bertz CT molecular complexity index is 1040. The second-order valence-corrected chi connectivity index (χ2v) is 8.16. The number of amides is 2. The van der Waals surface area contributed by atoms with E-state index < -0.39 is 0 Å². The van der Waals surface area contributed by atoms with Crippen LogP contribution in [0.25, 0.3) is 17.2 Å². The first-order chi connectivity index (χ1) is 13.6. The van der Waals surface area contributed by atoms with Gasteiger partial charge in [-0.05, 0) is 58.1 Å². The standard InChI is InChI=1S/C22H17NO3S2/c1-26-18-9-7-16(8-10-18)17-11-19(27-14-17)12-20-21(24)23(22(25)28-20)13-15-5-3-2-4-6-15/h2-12,14H,13H2,1H3/b20-12-. The van der Waals surface area contributed by atoms with Crippen LogP contribution < -0.4 is 4.74 Å². The number of hydrogen-bond acceptors (Lipinski definition) is 5. The lowest BCUT2D eigenvalue weighted by Crippen LogP contribution is -2.27. The molecule has 0 saturated carbocycles. The van der Waals surface area contributed by atoms with Crippen molar-refractivity contribution in [3.05, 3.63) is 81.4 Å². The number of ether oxygens (including phenoxy) is 1. The zero-order valence-electron chi connectivity index (χ0n) is 15.1. The highest BCUT2D eigenvalue weighted by Gasteiger charge is 2.35. The fourth-order valence-electron chi connectivity index (χ4n) is 2.89. The molecule has 3 aromatic rings. The zero-order chi connectivity index (χ0) is 19.5. The lowest BCUT2D eigenvalue weighted by atomic mass is 10.1. The third-order valence-electron chi connectivity index (χ3n) is 4.37. The van der Waals surface area contributed by atoms with Crippen LogP contribution in [0.3, 0.4) is 0 Å². The van der Waals surface area contributed by atoms with E-state index >= 15 is 0 Å². The smallest absolute Gasteiger partial charge is 0.293 e. The van der Waals surface area contributed by atoms with Crippen LogP contribution in [0.2, 0.25) is 0 Å². The summed E-state index contributed by atoms with van der Waals surface area (Å²) in [4.78, 5) is 27.7. The number of thioether (sulfide) groups is 1. The first-order valence-corrected chi connectivity index (χ1v) is 10.4. The Morgan fingerprint density at radius 3 is 2.46 bits per heavy atom. The van der Waals surface area contributed by atoms with E-state index in [1.807, 2.05) is 66.0 Å². The Morgan fingerprint density at radius 2 is 1.75 bits per heavy atom. The Balaban J connectivity index is 1.52. The van der Waals surface area contributed by atoms with Gasteiger partial charge in [-0.15, -0.1) is 11.3 Å². The van der Waals surface area contributed by atoms with Crippen LogP contribution in [0.5, 0.6) is 5.75 Å². The highest BCUT2D eigenvalue weighted by Crippen LogP contribution is 2.35. The van der Waals surface area contributed by atoms with Gasteiger partial charge in [-0.3, -0.25) is 14.5 Å². The number of methoxy groups -OCH3 is 1. The van der Waals surface area contributed by atoms with Gasteiger partial charge in [0.05, 0.1) is 18.6 Å². The van der Waals surface area contributed by atoms with Crippen LogP contribution in [0.1, 0.15) is 10.4 Å². The van der Waals surface area contributed by atoms with Gasteiger partial charge in [0.1, 0.15) is 5.75 Å². The monoisotopic (exact) mass is 407 g/mol. The van der Waals surface area contributed by atoms with E-state index in [1.54, 1.807) is 24.5 Å². The summed E-state index contributed by atoms with van der Waals surface area (Å²) in [6, 6.07) is 19.4. The summed E-state index contributed by atoms with van der Waals surface area (Å²) >= 11 is 2.54. The predicted octanol–water partition coefficient (Wildman–Crippen LogP) is 5.66. The van der Waals surface area contributed by atoms with Gasteiger partial charge >= 0.3 is 0 Å². The molecule has 1 aliphatic heterocycles. The highest BCUT2D eigenvalue weighted by atomic mass is 32.2. The summed E-state index contributed by atoms with van der Waals surface area (Å²) in [5.41, 5.74) is 3.08. The van der Waals surface area contributed by atoms with Crippen LogP contribution in [0.15, 0.2) is 70.9 Å². The van der Waals surface area contributed by atoms with Crippen molar-refractivity contribution in [1.29, 1.82) is 0 Å². The Kier molecular flexibility index (Phi) is 5.32. The molecule has 6 heteroatoms. The summed E-state index contributed by atoms with van der Waals surface area (Å²) in [5.74, 6) is 0.574. The molecule has 1 saturated heterocycles. The fraction of sp³-hybridized carbons (Fsp3) is 0.0909. The van der Waals surface area contributed by atoms with Gasteiger partial charge < -0.3 is 4.74 Å². The Hall–Kier alpha value is -2.83. The van der Waals surface area contributed by atoms with Gasteiger partial charge in [0.15, 0.2) is 0 Å². The number of carbonyl (C=O) groups excluding carboxylic acids is 2. The van der Waals surface area contributed by atoms with Crippen LogP contribution in [-0.2, 0) is 11.3 Å². The molecule has 28 heavy (non-hydrogen) atoms. The molecule has 4 rings (SSSR count). The zero-order valence-corrected chi connectivity index (χ0v) is 16.8. The lowest BCUT2D eigenvalue weighted by Gasteiger charge is -2.11. The number of imide groups is 1. The van der Waals surface area contributed by atoms with E-state index in [9.17, 15) is 9.59 Å². The van der Waals surface area contributed by atoms with Gasteiger partial charge in [-0.25, -0.2) is 0 Å². The first kappa shape index (κ1) is 18.5. The van der Waals surface area contributed by atoms with Crippen molar-refractivity contribution in [2.75, 3.05) is 7.11 Å². The number of thiophene rings is 1. The normalized spacial score (nSPS) is 15.5. The molecule has 140 valence electrons. The van der Waals surface area contributed by atoms with Gasteiger partial charge in [0.25, 0.3) is 11.1 Å². The molecule has 0 spiro atoms. The molecule has 2 amide bonds. The third kappa shape index (κ3) is 3.88. The maximum Gasteiger partial charge on any atom is 0.293 e. The SMILES string of the molecule is COc1ccc(-c2csc(/C=C3\SC(=O)N(Cc4ccccc4)C3=O)c2)cc1. The fourth-order valence-corrected chi connectivity index (χ4v) is 4.65. The van der Waals surface area contributed by atoms with E-state index in [-0.39, 0.29) is 11.1 Å². The topological polar surface area (TPSA) is 46.6 Å². The molecule has 0 radical (unpaired) electrons. The summed E-state index contributed by atoms with van der Waals surface area (Å²) in [6.07, 6.45) is 1.80. The van der Waals surface area contributed by atoms with Crippen molar-refractivity contribution in [2.45, 2.75) is 6.54 Å². The van der Waals surface area contributed by atoms with Gasteiger partial charge in [-0.2, -0.15) is 0 Å². The average molecular weight is 408 g/mol. The van der Waals surface area contributed by atoms with Crippen LogP contribution in [0.4, 0.5) is 4.79 Å². The average Bonchev–Trinajstić information content (AvgIpc) is 3.29. The molecule has 0 atom stereocenters. The Labute approximate surface area is 171 Å². The quantitative estimate of drug-likeness (QED) is 0.512. The van der Waals surface area contributed by atoms with Crippen LogP contribution >= 0.6 is 23.1 Å². The van der Waals surface area contributed by atoms with Gasteiger partial charge in [0.2, 0.25) is 0 Å².